The molecule has 114 valence electrons. The lowest BCUT2D eigenvalue weighted by molar-refractivity contribution is -0.119. The van der Waals surface area contributed by atoms with Gasteiger partial charge in [0.15, 0.2) is 0 Å². The van der Waals surface area contributed by atoms with Gasteiger partial charge < -0.3 is 10.6 Å². The van der Waals surface area contributed by atoms with Gasteiger partial charge in [-0.3, -0.25) is 14.9 Å². The van der Waals surface area contributed by atoms with Gasteiger partial charge in [-0.2, -0.15) is 0 Å². The maximum atomic E-state index is 13.0. The average molecular weight is 297 g/mol. The van der Waals surface area contributed by atoms with Gasteiger partial charge in [-0.15, -0.1) is 0 Å². The van der Waals surface area contributed by atoms with E-state index in [2.05, 4.69) is 16.0 Å². The first kappa shape index (κ1) is 15.4. The number of amides is 2. The summed E-state index contributed by atoms with van der Waals surface area (Å²) in [4.78, 5) is 22.6. The highest BCUT2D eigenvalue weighted by molar-refractivity contribution is 5.95. The summed E-state index contributed by atoms with van der Waals surface area (Å²) in [6.07, 6.45) is -0.487. The van der Waals surface area contributed by atoms with Crippen molar-refractivity contribution in [1.29, 1.82) is 0 Å². The highest BCUT2D eigenvalue weighted by atomic mass is 19.3. The largest absolute Gasteiger partial charge is 0.352 e. The van der Waals surface area contributed by atoms with Crippen LogP contribution in [0.3, 0.4) is 0 Å². The smallest absolute Gasteiger partial charge is 0.262 e. The van der Waals surface area contributed by atoms with E-state index in [1.165, 1.54) is 6.92 Å². The molecular weight excluding hydrogens is 280 g/mol. The van der Waals surface area contributed by atoms with Crippen LogP contribution in [0, 0.1) is 0 Å². The molecule has 1 aromatic carbocycles. The first-order chi connectivity index (χ1) is 9.85. The summed E-state index contributed by atoms with van der Waals surface area (Å²) in [5, 5.41) is 7.75. The van der Waals surface area contributed by atoms with Crippen LogP contribution < -0.4 is 16.0 Å². The van der Waals surface area contributed by atoms with Crippen molar-refractivity contribution in [1.82, 2.24) is 10.6 Å². The van der Waals surface area contributed by atoms with Gasteiger partial charge >= 0.3 is 0 Å². The molecule has 0 aliphatic carbocycles. The number of rotatable bonds is 4. The third-order valence-corrected chi connectivity index (χ3v) is 3.19. The Hall–Kier alpha value is -2.02. The SMILES string of the molecule is CC(=O)NCc1ccc(NC(=O)C2CC(F)(F)CN2)cc1. The molecule has 3 N–H and O–H groups in total. The molecule has 21 heavy (non-hydrogen) atoms. The molecule has 2 rings (SSSR count). The molecule has 1 unspecified atom stereocenters. The molecule has 1 aromatic rings. The molecular formula is C14H17F2N3O2. The highest BCUT2D eigenvalue weighted by Crippen LogP contribution is 2.25. The lowest BCUT2D eigenvalue weighted by Crippen LogP contribution is -2.35. The second kappa shape index (κ2) is 6.17. The maximum Gasteiger partial charge on any atom is 0.262 e. The third-order valence-electron chi connectivity index (χ3n) is 3.19. The van der Waals surface area contributed by atoms with Gasteiger partial charge in [-0.05, 0) is 17.7 Å². The summed E-state index contributed by atoms with van der Waals surface area (Å²) in [5.41, 5.74) is 1.41. The Bertz CT molecular complexity index is 532. The minimum atomic E-state index is -2.83. The lowest BCUT2D eigenvalue weighted by Gasteiger charge is -2.11. The normalized spacial score (nSPS) is 20.0. The van der Waals surface area contributed by atoms with Gasteiger partial charge in [-0.25, -0.2) is 8.78 Å². The minimum absolute atomic E-state index is 0.124. The number of hydrogen-bond acceptors (Lipinski definition) is 3. The first-order valence-electron chi connectivity index (χ1n) is 6.61. The van der Waals surface area contributed by atoms with Crippen molar-refractivity contribution >= 4 is 17.5 Å². The van der Waals surface area contributed by atoms with E-state index in [4.69, 9.17) is 0 Å². The van der Waals surface area contributed by atoms with Crippen LogP contribution in [0.5, 0.6) is 0 Å². The molecule has 0 saturated carbocycles. The Balaban J connectivity index is 1.88. The van der Waals surface area contributed by atoms with Gasteiger partial charge in [0.05, 0.1) is 12.6 Å². The number of hydrogen-bond donors (Lipinski definition) is 3. The number of alkyl halides is 2. The van der Waals surface area contributed by atoms with Crippen molar-refractivity contribution in [3.63, 3.8) is 0 Å². The second-order valence-corrected chi connectivity index (χ2v) is 5.09. The zero-order valence-corrected chi connectivity index (χ0v) is 11.6. The van der Waals surface area contributed by atoms with Crippen molar-refractivity contribution in [3.8, 4) is 0 Å². The molecule has 1 fully saturated rings. The second-order valence-electron chi connectivity index (χ2n) is 5.09. The van der Waals surface area contributed by atoms with Gasteiger partial charge in [-0.1, -0.05) is 12.1 Å². The van der Waals surface area contributed by atoms with Gasteiger partial charge in [0.1, 0.15) is 0 Å². The fourth-order valence-corrected chi connectivity index (χ4v) is 2.06. The average Bonchev–Trinajstić information content (AvgIpc) is 2.78. The van der Waals surface area contributed by atoms with Crippen LogP contribution in [0.4, 0.5) is 14.5 Å². The quantitative estimate of drug-likeness (QED) is 0.783. The van der Waals surface area contributed by atoms with E-state index in [-0.39, 0.29) is 5.91 Å². The number of benzene rings is 1. The zero-order valence-electron chi connectivity index (χ0n) is 11.6. The summed E-state index contributed by atoms with van der Waals surface area (Å²) in [7, 11) is 0. The number of halogens is 2. The summed E-state index contributed by atoms with van der Waals surface area (Å²) in [5.74, 6) is -3.42. The molecule has 1 atom stereocenters. The maximum absolute atomic E-state index is 13.0. The standard InChI is InChI=1S/C14H17F2N3O2/c1-9(20)17-7-10-2-4-11(5-3-10)19-13(21)12-6-14(15,16)8-18-12/h2-5,12,18H,6-8H2,1H3,(H,17,20)(H,19,21). The third kappa shape index (κ3) is 4.49. The van der Waals surface area contributed by atoms with E-state index in [1.54, 1.807) is 24.3 Å². The predicted molar refractivity (Wildman–Crippen MR) is 73.9 cm³/mol. The molecule has 1 aliphatic heterocycles. The van der Waals surface area contributed by atoms with E-state index < -0.39 is 30.8 Å². The Morgan fingerprint density at radius 3 is 2.52 bits per heavy atom. The summed E-state index contributed by atoms with van der Waals surface area (Å²) >= 11 is 0. The summed E-state index contributed by atoms with van der Waals surface area (Å²) in [6, 6.07) is 5.97. The molecule has 0 radical (unpaired) electrons. The van der Waals surface area contributed by atoms with E-state index in [1.807, 2.05) is 0 Å². The highest BCUT2D eigenvalue weighted by Gasteiger charge is 2.42. The van der Waals surface area contributed by atoms with Crippen molar-refractivity contribution in [2.45, 2.75) is 31.9 Å². The van der Waals surface area contributed by atoms with Crippen molar-refractivity contribution < 1.29 is 18.4 Å². The number of anilines is 1. The molecule has 2 amide bonds. The Labute approximate surface area is 121 Å². The van der Waals surface area contributed by atoms with Crippen molar-refractivity contribution in [2.75, 3.05) is 11.9 Å². The van der Waals surface area contributed by atoms with Crippen molar-refractivity contribution in [2.24, 2.45) is 0 Å². The summed E-state index contributed by atoms with van der Waals surface area (Å²) < 4.78 is 26.0. The molecule has 1 heterocycles. The molecule has 0 spiro atoms. The van der Waals surface area contributed by atoms with Gasteiger partial charge in [0, 0.05) is 25.6 Å². The molecule has 1 aliphatic rings. The Kier molecular flexibility index (Phi) is 4.52. The topological polar surface area (TPSA) is 70.2 Å². The fourth-order valence-electron chi connectivity index (χ4n) is 2.06. The fraction of sp³-hybridized carbons (Fsp3) is 0.429. The number of nitrogens with one attached hydrogen (secondary N) is 3. The monoisotopic (exact) mass is 297 g/mol. The van der Waals surface area contributed by atoms with Crippen LogP contribution in [-0.2, 0) is 16.1 Å². The first-order valence-corrected chi connectivity index (χ1v) is 6.61. The van der Waals surface area contributed by atoms with Crippen LogP contribution in [0.25, 0.3) is 0 Å². The van der Waals surface area contributed by atoms with E-state index in [9.17, 15) is 18.4 Å². The predicted octanol–water partition coefficient (Wildman–Crippen LogP) is 1.26. The minimum Gasteiger partial charge on any atom is -0.352 e. The number of carbonyl (C=O) groups excluding carboxylic acids is 2. The van der Waals surface area contributed by atoms with Gasteiger partial charge in [0.25, 0.3) is 5.92 Å². The van der Waals surface area contributed by atoms with E-state index in [0.717, 1.165) is 5.56 Å². The Morgan fingerprint density at radius 2 is 2.00 bits per heavy atom. The summed E-state index contributed by atoms with van der Waals surface area (Å²) in [6.45, 7) is 1.36. The van der Waals surface area contributed by atoms with Crippen LogP contribution in [0.1, 0.15) is 18.9 Å². The van der Waals surface area contributed by atoms with Crippen LogP contribution >= 0.6 is 0 Å². The van der Waals surface area contributed by atoms with E-state index >= 15 is 0 Å². The lowest BCUT2D eigenvalue weighted by atomic mass is 10.1. The molecule has 1 saturated heterocycles. The van der Waals surface area contributed by atoms with Crippen LogP contribution in [0.2, 0.25) is 0 Å². The van der Waals surface area contributed by atoms with Crippen LogP contribution in [-0.4, -0.2) is 30.3 Å². The Morgan fingerprint density at radius 1 is 1.33 bits per heavy atom. The molecule has 0 bridgehead atoms. The van der Waals surface area contributed by atoms with Crippen molar-refractivity contribution in [3.05, 3.63) is 29.8 Å². The zero-order chi connectivity index (χ0) is 15.5. The molecule has 0 aromatic heterocycles. The molecule has 5 nitrogen and oxygen atoms in total. The molecule has 7 heteroatoms. The number of carbonyl (C=O) groups is 2. The van der Waals surface area contributed by atoms with Crippen LogP contribution in [0.15, 0.2) is 24.3 Å². The van der Waals surface area contributed by atoms with Gasteiger partial charge in [0.2, 0.25) is 11.8 Å². The van der Waals surface area contributed by atoms with E-state index in [0.29, 0.717) is 12.2 Å².